The lowest BCUT2D eigenvalue weighted by Gasteiger charge is -2.30. The van der Waals surface area contributed by atoms with Crippen molar-refractivity contribution in [3.63, 3.8) is 0 Å². The van der Waals surface area contributed by atoms with Crippen molar-refractivity contribution < 1.29 is 9.53 Å². The molecule has 8 rings (SSSR count). The Morgan fingerprint density at radius 3 is 2.46 bits per heavy atom. The number of nitrogens with zero attached hydrogens (tertiary/aromatic N) is 4. The largest absolute Gasteiger partial charge is 0.437 e. The topological polar surface area (TPSA) is 61.4 Å². The molecular weight excluding hydrogens is 508 g/mol. The molecule has 6 heteroatoms. The number of fused-ring (bicyclic) bond motifs is 4. The summed E-state index contributed by atoms with van der Waals surface area (Å²) in [4.78, 5) is 24.4. The highest BCUT2D eigenvalue weighted by Crippen LogP contribution is 2.53. The predicted molar refractivity (Wildman–Crippen MR) is 160 cm³/mol. The van der Waals surface area contributed by atoms with Gasteiger partial charge in [-0.1, -0.05) is 72.8 Å². The minimum Gasteiger partial charge on any atom is -0.437 e. The van der Waals surface area contributed by atoms with Gasteiger partial charge < -0.3 is 9.30 Å². The summed E-state index contributed by atoms with van der Waals surface area (Å²) >= 11 is 0. The SMILES string of the molecule is CCn1c(C)c(C2(c3c(-c4ccccc4)nc4ccccn34)OC(=O)c3cc4ccccc4nc32)c2ccccc21. The van der Waals surface area contributed by atoms with Gasteiger partial charge in [0.1, 0.15) is 17.0 Å². The van der Waals surface area contributed by atoms with Crippen LogP contribution in [0.25, 0.3) is 38.7 Å². The maximum Gasteiger partial charge on any atom is 0.341 e. The van der Waals surface area contributed by atoms with E-state index >= 15 is 0 Å². The molecule has 1 aliphatic rings. The summed E-state index contributed by atoms with van der Waals surface area (Å²) in [7, 11) is 0. The summed E-state index contributed by atoms with van der Waals surface area (Å²) in [5.41, 5.74) is 6.75. The zero-order valence-corrected chi connectivity index (χ0v) is 22.7. The predicted octanol–water partition coefficient (Wildman–Crippen LogP) is 7.29. The van der Waals surface area contributed by atoms with Crippen LogP contribution in [-0.2, 0) is 16.9 Å². The van der Waals surface area contributed by atoms with Crippen molar-refractivity contribution in [2.45, 2.75) is 26.0 Å². The van der Waals surface area contributed by atoms with E-state index in [1.54, 1.807) is 0 Å². The zero-order chi connectivity index (χ0) is 27.7. The number of rotatable bonds is 4. The van der Waals surface area contributed by atoms with Gasteiger partial charge >= 0.3 is 5.97 Å². The highest BCUT2D eigenvalue weighted by atomic mass is 16.6. The first kappa shape index (κ1) is 23.6. The molecule has 1 aliphatic heterocycles. The van der Waals surface area contributed by atoms with Crippen LogP contribution in [0.5, 0.6) is 0 Å². The number of ether oxygens (including phenoxy) is 1. The third-order valence-electron chi connectivity index (χ3n) is 8.33. The third kappa shape index (κ3) is 3.16. The molecule has 41 heavy (non-hydrogen) atoms. The van der Waals surface area contributed by atoms with Crippen LogP contribution in [-0.4, -0.2) is 24.9 Å². The Labute approximate surface area is 236 Å². The number of carbonyl (C=O) groups excluding carboxylic acids is 1. The summed E-state index contributed by atoms with van der Waals surface area (Å²) in [6.07, 6.45) is 1.99. The average Bonchev–Trinajstić information content (AvgIpc) is 3.64. The maximum atomic E-state index is 14.0. The molecule has 0 fully saturated rings. The molecule has 0 spiro atoms. The molecule has 0 bridgehead atoms. The molecule has 1 atom stereocenters. The maximum absolute atomic E-state index is 14.0. The van der Waals surface area contributed by atoms with Crippen LogP contribution in [0.4, 0.5) is 0 Å². The van der Waals surface area contributed by atoms with Gasteiger partial charge in [0.25, 0.3) is 0 Å². The van der Waals surface area contributed by atoms with Crippen molar-refractivity contribution in [1.82, 2.24) is 18.9 Å². The Bertz CT molecular complexity index is 2160. The van der Waals surface area contributed by atoms with Crippen molar-refractivity contribution >= 4 is 33.4 Å². The normalized spacial score (nSPS) is 16.5. The zero-order valence-electron chi connectivity index (χ0n) is 22.7. The van der Waals surface area contributed by atoms with Gasteiger partial charge in [-0.15, -0.1) is 0 Å². The van der Waals surface area contributed by atoms with E-state index in [2.05, 4.69) is 34.9 Å². The lowest BCUT2D eigenvalue weighted by molar-refractivity contribution is 0.0232. The van der Waals surface area contributed by atoms with Crippen LogP contribution in [0, 0.1) is 6.92 Å². The van der Waals surface area contributed by atoms with Gasteiger partial charge in [0.2, 0.25) is 5.60 Å². The number of pyridine rings is 2. The smallest absolute Gasteiger partial charge is 0.341 e. The fraction of sp³-hybridized carbons (Fsp3) is 0.114. The van der Waals surface area contributed by atoms with Crippen LogP contribution in [0.2, 0.25) is 0 Å². The number of esters is 1. The Kier molecular flexibility index (Phi) is 4.98. The van der Waals surface area contributed by atoms with Crippen molar-refractivity contribution in [2.24, 2.45) is 0 Å². The number of carbonyl (C=O) groups is 1. The fourth-order valence-corrected chi connectivity index (χ4v) is 6.64. The molecule has 6 nitrogen and oxygen atoms in total. The number of imidazole rings is 1. The minimum atomic E-state index is -1.35. The van der Waals surface area contributed by atoms with E-state index in [-0.39, 0.29) is 0 Å². The molecule has 4 aromatic heterocycles. The number of cyclic esters (lactones) is 1. The van der Waals surface area contributed by atoms with E-state index in [0.29, 0.717) is 11.3 Å². The van der Waals surface area contributed by atoms with Gasteiger partial charge in [-0.2, -0.15) is 0 Å². The van der Waals surface area contributed by atoms with Gasteiger partial charge in [0.15, 0.2) is 0 Å². The Morgan fingerprint density at radius 1 is 0.854 bits per heavy atom. The fourth-order valence-electron chi connectivity index (χ4n) is 6.64. The molecule has 0 aliphatic carbocycles. The van der Waals surface area contributed by atoms with E-state index in [0.717, 1.165) is 62.2 Å². The first-order chi connectivity index (χ1) is 20.1. The van der Waals surface area contributed by atoms with Crippen molar-refractivity contribution in [1.29, 1.82) is 0 Å². The average molecular weight is 535 g/mol. The standard InChI is InChI=1S/C35H26N4O2/c1-3-38-22(2)30(25-16-8-10-18-28(25)38)35(32-26(34(40)41-35)21-24-15-7-9-17-27(24)36-32)33-31(23-13-5-4-6-14-23)37-29-19-11-12-20-39(29)33/h4-21H,3H2,1-2H3. The second-order valence-corrected chi connectivity index (χ2v) is 10.5. The van der Waals surface area contributed by atoms with Crippen LogP contribution >= 0.6 is 0 Å². The van der Waals surface area contributed by atoms with Crippen LogP contribution in [0.1, 0.15) is 39.9 Å². The molecule has 0 amide bonds. The Balaban J connectivity index is 1.61. The molecular formula is C35H26N4O2. The molecule has 7 aromatic rings. The number of aromatic nitrogens is 4. The van der Waals surface area contributed by atoms with Gasteiger partial charge in [0.05, 0.1) is 16.8 Å². The van der Waals surface area contributed by atoms with E-state index in [4.69, 9.17) is 14.7 Å². The van der Waals surface area contributed by atoms with E-state index in [1.165, 1.54) is 0 Å². The van der Waals surface area contributed by atoms with Crippen molar-refractivity contribution in [2.75, 3.05) is 0 Å². The van der Waals surface area contributed by atoms with E-state index in [1.807, 2.05) is 97.2 Å². The van der Waals surface area contributed by atoms with Gasteiger partial charge in [-0.3, -0.25) is 4.40 Å². The number of benzene rings is 3. The molecule has 198 valence electrons. The summed E-state index contributed by atoms with van der Waals surface area (Å²) in [6, 6.07) is 34.2. The van der Waals surface area contributed by atoms with E-state index < -0.39 is 11.6 Å². The third-order valence-corrected chi connectivity index (χ3v) is 8.33. The molecule has 0 radical (unpaired) electrons. The minimum absolute atomic E-state index is 0.393. The monoisotopic (exact) mass is 534 g/mol. The van der Waals surface area contributed by atoms with Gasteiger partial charge in [-0.25, -0.2) is 14.8 Å². The molecule has 0 saturated carbocycles. The highest BCUT2D eigenvalue weighted by molar-refractivity contribution is 6.01. The summed E-state index contributed by atoms with van der Waals surface area (Å²) in [5.74, 6) is -0.393. The molecule has 5 heterocycles. The lowest BCUT2D eigenvalue weighted by Crippen LogP contribution is -2.33. The van der Waals surface area contributed by atoms with Crippen molar-refractivity contribution in [3.8, 4) is 11.3 Å². The Hall–Kier alpha value is -5.23. The molecule has 1 unspecified atom stereocenters. The second-order valence-electron chi connectivity index (χ2n) is 10.5. The second kappa shape index (κ2) is 8.63. The highest BCUT2D eigenvalue weighted by Gasteiger charge is 2.55. The first-order valence-corrected chi connectivity index (χ1v) is 13.9. The molecule has 3 aromatic carbocycles. The van der Waals surface area contributed by atoms with Crippen molar-refractivity contribution in [3.05, 3.63) is 138 Å². The van der Waals surface area contributed by atoms with Gasteiger partial charge in [0, 0.05) is 45.9 Å². The number of hydrogen-bond donors (Lipinski definition) is 0. The van der Waals surface area contributed by atoms with E-state index in [9.17, 15) is 4.79 Å². The van der Waals surface area contributed by atoms with Crippen LogP contribution < -0.4 is 0 Å². The summed E-state index contributed by atoms with van der Waals surface area (Å²) < 4.78 is 11.1. The lowest BCUT2D eigenvalue weighted by atomic mass is 9.82. The quantitative estimate of drug-likeness (QED) is 0.222. The molecule has 0 N–H and O–H groups in total. The Morgan fingerprint density at radius 2 is 1.61 bits per heavy atom. The molecule has 0 saturated heterocycles. The first-order valence-electron chi connectivity index (χ1n) is 13.9. The summed E-state index contributed by atoms with van der Waals surface area (Å²) in [6.45, 7) is 5.02. The number of hydrogen-bond acceptors (Lipinski definition) is 4. The van der Waals surface area contributed by atoms with Gasteiger partial charge in [-0.05, 0) is 44.2 Å². The van der Waals surface area contributed by atoms with Crippen LogP contribution in [0.3, 0.4) is 0 Å². The number of aryl methyl sites for hydroxylation is 1. The van der Waals surface area contributed by atoms with Crippen LogP contribution in [0.15, 0.2) is 109 Å². The summed E-state index contributed by atoms with van der Waals surface area (Å²) in [5, 5.41) is 1.92. The number of para-hydroxylation sites is 2.